The number of anilines is 1. The van der Waals surface area contributed by atoms with Crippen molar-refractivity contribution < 1.29 is 14.7 Å². The van der Waals surface area contributed by atoms with Gasteiger partial charge in [0.15, 0.2) is 0 Å². The number of rotatable bonds is 5. The number of aliphatic carboxylic acids is 1. The normalized spacial score (nSPS) is 9.60. The first-order valence-corrected chi connectivity index (χ1v) is 4.44. The van der Waals surface area contributed by atoms with E-state index in [0.717, 1.165) is 0 Å². The summed E-state index contributed by atoms with van der Waals surface area (Å²) in [5.41, 5.74) is 0.561. The van der Waals surface area contributed by atoms with Gasteiger partial charge in [0.05, 0.1) is 11.9 Å². The van der Waals surface area contributed by atoms with Crippen LogP contribution in [0.15, 0.2) is 12.4 Å². The SMILES string of the molecule is O=C(O)CCCNC(=O)Nc1cn[nH]c1. The first-order valence-electron chi connectivity index (χ1n) is 4.44. The molecule has 82 valence electrons. The molecule has 0 spiro atoms. The highest BCUT2D eigenvalue weighted by atomic mass is 16.4. The van der Waals surface area contributed by atoms with Gasteiger partial charge >= 0.3 is 12.0 Å². The van der Waals surface area contributed by atoms with E-state index in [1.165, 1.54) is 12.4 Å². The van der Waals surface area contributed by atoms with Gasteiger partial charge in [0.1, 0.15) is 0 Å². The van der Waals surface area contributed by atoms with Gasteiger partial charge in [-0.2, -0.15) is 5.10 Å². The van der Waals surface area contributed by atoms with Gasteiger partial charge in [0.25, 0.3) is 0 Å². The molecule has 15 heavy (non-hydrogen) atoms. The van der Waals surface area contributed by atoms with Gasteiger partial charge < -0.3 is 15.7 Å². The molecule has 0 saturated carbocycles. The third kappa shape index (κ3) is 4.65. The summed E-state index contributed by atoms with van der Waals surface area (Å²) in [4.78, 5) is 21.3. The molecule has 0 saturated heterocycles. The second-order valence-electron chi connectivity index (χ2n) is 2.87. The van der Waals surface area contributed by atoms with Crippen LogP contribution in [-0.4, -0.2) is 33.8 Å². The molecule has 0 atom stereocenters. The molecule has 0 aliphatic rings. The first kappa shape index (κ1) is 11.0. The van der Waals surface area contributed by atoms with Gasteiger partial charge in [-0.15, -0.1) is 0 Å². The first-order chi connectivity index (χ1) is 7.18. The van der Waals surface area contributed by atoms with E-state index < -0.39 is 5.97 Å². The third-order valence-electron chi connectivity index (χ3n) is 1.61. The zero-order valence-corrected chi connectivity index (χ0v) is 7.99. The molecule has 0 aliphatic heterocycles. The lowest BCUT2D eigenvalue weighted by Gasteiger charge is -2.04. The Bertz CT molecular complexity index is 323. The van der Waals surface area contributed by atoms with Gasteiger partial charge in [0.2, 0.25) is 0 Å². The van der Waals surface area contributed by atoms with Crippen LogP contribution < -0.4 is 10.6 Å². The van der Waals surface area contributed by atoms with Crippen LogP contribution in [0.4, 0.5) is 10.5 Å². The predicted octanol–water partition coefficient (Wildman–Crippen LogP) is 0.396. The standard InChI is InChI=1S/C8H12N4O3/c13-7(14)2-1-3-9-8(15)12-6-4-10-11-5-6/h4-5H,1-3H2,(H,10,11)(H,13,14)(H2,9,12,15). The van der Waals surface area contributed by atoms with Crippen molar-refractivity contribution in [2.45, 2.75) is 12.8 Å². The molecule has 0 aromatic carbocycles. The van der Waals surface area contributed by atoms with Crippen LogP contribution in [0.2, 0.25) is 0 Å². The van der Waals surface area contributed by atoms with Gasteiger partial charge in [-0.3, -0.25) is 9.89 Å². The quantitative estimate of drug-likeness (QED) is 0.530. The highest BCUT2D eigenvalue weighted by Crippen LogP contribution is 1.99. The molecule has 1 heterocycles. The average Bonchev–Trinajstić information content (AvgIpc) is 2.64. The summed E-state index contributed by atoms with van der Waals surface area (Å²) in [6.07, 6.45) is 3.47. The topological polar surface area (TPSA) is 107 Å². The maximum atomic E-state index is 11.1. The predicted molar refractivity (Wildman–Crippen MR) is 52.5 cm³/mol. The Morgan fingerprint density at radius 1 is 1.53 bits per heavy atom. The van der Waals surface area contributed by atoms with Crippen molar-refractivity contribution in [1.82, 2.24) is 15.5 Å². The Labute approximate surface area is 85.9 Å². The number of carboxylic acids is 1. The van der Waals surface area contributed by atoms with Crippen LogP contribution in [0.3, 0.4) is 0 Å². The van der Waals surface area contributed by atoms with Crippen LogP contribution in [-0.2, 0) is 4.79 Å². The van der Waals surface area contributed by atoms with E-state index in [1.54, 1.807) is 0 Å². The number of amides is 2. The van der Waals surface area contributed by atoms with Crippen LogP contribution >= 0.6 is 0 Å². The number of nitrogens with zero attached hydrogens (tertiary/aromatic N) is 1. The van der Waals surface area contributed by atoms with Gasteiger partial charge in [-0.1, -0.05) is 0 Å². The number of hydrogen-bond donors (Lipinski definition) is 4. The summed E-state index contributed by atoms with van der Waals surface area (Å²) in [5, 5.41) is 19.6. The van der Waals surface area contributed by atoms with Crippen LogP contribution in [0.1, 0.15) is 12.8 Å². The van der Waals surface area contributed by atoms with E-state index in [2.05, 4.69) is 20.8 Å². The lowest BCUT2D eigenvalue weighted by atomic mass is 10.3. The Kier molecular flexibility index (Phi) is 4.14. The van der Waals surface area contributed by atoms with Gasteiger partial charge in [-0.05, 0) is 6.42 Å². The smallest absolute Gasteiger partial charge is 0.319 e. The van der Waals surface area contributed by atoms with Crippen molar-refractivity contribution in [2.24, 2.45) is 0 Å². The minimum atomic E-state index is -0.868. The third-order valence-corrected chi connectivity index (χ3v) is 1.61. The summed E-state index contributed by atoms with van der Waals surface area (Å²) in [5.74, 6) is -0.868. The number of carboxylic acid groups (broad SMARTS) is 1. The van der Waals surface area contributed by atoms with Crippen LogP contribution in [0.5, 0.6) is 0 Å². The molecule has 0 fully saturated rings. The second-order valence-corrected chi connectivity index (χ2v) is 2.87. The summed E-state index contributed by atoms with van der Waals surface area (Å²) in [6, 6.07) is -0.373. The Balaban J connectivity index is 2.11. The van der Waals surface area contributed by atoms with E-state index in [1.807, 2.05) is 0 Å². The molecule has 1 aromatic rings. The molecule has 0 unspecified atom stereocenters. The molecule has 0 aliphatic carbocycles. The lowest BCUT2D eigenvalue weighted by Crippen LogP contribution is -2.29. The number of carbonyl (C=O) groups excluding carboxylic acids is 1. The largest absolute Gasteiger partial charge is 0.481 e. The fraction of sp³-hybridized carbons (Fsp3) is 0.375. The average molecular weight is 212 g/mol. The molecule has 7 heteroatoms. The summed E-state index contributed by atoms with van der Waals surface area (Å²) in [6.45, 7) is 0.329. The summed E-state index contributed by atoms with van der Waals surface area (Å²) < 4.78 is 0. The van der Waals surface area contributed by atoms with Crippen molar-refractivity contribution in [3.8, 4) is 0 Å². The number of urea groups is 1. The number of H-pyrrole nitrogens is 1. The van der Waals surface area contributed by atoms with E-state index in [-0.39, 0.29) is 12.5 Å². The van der Waals surface area contributed by atoms with Crippen molar-refractivity contribution in [3.05, 3.63) is 12.4 Å². The van der Waals surface area contributed by atoms with E-state index in [4.69, 9.17) is 5.11 Å². The van der Waals surface area contributed by atoms with E-state index in [0.29, 0.717) is 18.7 Å². The van der Waals surface area contributed by atoms with E-state index >= 15 is 0 Å². The Hall–Kier alpha value is -2.05. The number of carbonyl (C=O) groups is 2. The maximum absolute atomic E-state index is 11.1. The number of aromatic nitrogens is 2. The fourth-order valence-electron chi connectivity index (χ4n) is 0.936. The molecule has 1 aromatic heterocycles. The fourth-order valence-corrected chi connectivity index (χ4v) is 0.936. The molecule has 4 N–H and O–H groups in total. The summed E-state index contributed by atoms with van der Waals surface area (Å²) >= 11 is 0. The molecule has 0 radical (unpaired) electrons. The molecule has 0 bridgehead atoms. The number of hydrogen-bond acceptors (Lipinski definition) is 3. The Morgan fingerprint density at radius 3 is 2.93 bits per heavy atom. The maximum Gasteiger partial charge on any atom is 0.319 e. The van der Waals surface area contributed by atoms with Crippen molar-refractivity contribution in [2.75, 3.05) is 11.9 Å². The minimum Gasteiger partial charge on any atom is -0.481 e. The van der Waals surface area contributed by atoms with Crippen molar-refractivity contribution in [3.63, 3.8) is 0 Å². The summed E-state index contributed by atoms with van der Waals surface area (Å²) in [7, 11) is 0. The monoisotopic (exact) mass is 212 g/mol. The van der Waals surface area contributed by atoms with Gasteiger partial charge in [-0.25, -0.2) is 4.79 Å². The number of nitrogens with one attached hydrogen (secondary N) is 3. The molecular formula is C8H12N4O3. The van der Waals surface area contributed by atoms with Crippen LogP contribution in [0.25, 0.3) is 0 Å². The molecule has 2 amide bonds. The molecular weight excluding hydrogens is 200 g/mol. The Morgan fingerprint density at radius 2 is 2.33 bits per heavy atom. The van der Waals surface area contributed by atoms with E-state index in [9.17, 15) is 9.59 Å². The highest BCUT2D eigenvalue weighted by Gasteiger charge is 2.02. The minimum absolute atomic E-state index is 0.0476. The lowest BCUT2D eigenvalue weighted by molar-refractivity contribution is -0.137. The molecule has 7 nitrogen and oxygen atoms in total. The van der Waals surface area contributed by atoms with Crippen molar-refractivity contribution in [1.29, 1.82) is 0 Å². The zero-order valence-electron chi connectivity index (χ0n) is 7.99. The zero-order chi connectivity index (χ0) is 11.1. The highest BCUT2D eigenvalue weighted by molar-refractivity contribution is 5.88. The second kappa shape index (κ2) is 5.63. The number of aromatic amines is 1. The van der Waals surface area contributed by atoms with Gasteiger partial charge in [0, 0.05) is 19.2 Å². The van der Waals surface area contributed by atoms with Crippen molar-refractivity contribution >= 4 is 17.7 Å². The van der Waals surface area contributed by atoms with Crippen LogP contribution in [0, 0.1) is 0 Å². The molecule has 1 rings (SSSR count).